The molecule has 2 heteroatoms. The highest BCUT2D eigenvalue weighted by Gasteiger charge is 1.85. The largest absolute Gasteiger partial charge is 0.508 e. The van der Waals surface area contributed by atoms with Crippen LogP contribution in [-0.4, -0.2) is 11.4 Å². The summed E-state index contributed by atoms with van der Waals surface area (Å²) in [7, 11) is 0. The number of aromatic hydroxyl groups is 1. The van der Waals surface area contributed by atoms with Crippen molar-refractivity contribution in [1.29, 1.82) is 0 Å². The van der Waals surface area contributed by atoms with E-state index >= 15 is 0 Å². The van der Waals surface area contributed by atoms with Crippen molar-refractivity contribution in [3.8, 4) is 5.75 Å². The molecule has 0 aliphatic heterocycles. The number of hydrogen-bond acceptors (Lipinski definition) is 2. The van der Waals surface area contributed by atoms with Crippen LogP contribution < -0.4 is 0 Å². The summed E-state index contributed by atoms with van der Waals surface area (Å²) in [5.74, 6) is 0.251. The smallest absolute Gasteiger partial charge is 0.142 e. The van der Waals surface area contributed by atoms with Crippen molar-refractivity contribution in [2.24, 2.45) is 0 Å². The monoisotopic (exact) mass is 174 g/mol. The summed E-state index contributed by atoms with van der Waals surface area (Å²) in [4.78, 5) is 9.91. The SMILES string of the molecule is O=CC=CC=Cc1ccc(O)cc1. The first kappa shape index (κ1) is 9.26. The number of hydrogen-bond donors (Lipinski definition) is 1. The fraction of sp³-hybridized carbons (Fsp3) is 0. The van der Waals surface area contributed by atoms with Crippen molar-refractivity contribution in [3.63, 3.8) is 0 Å². The van der Waals surface area contributed by atoms with Crippen LogP contribution in [0.2, 0.25) is 0 Å². The first-order chi connectivity index (χ1) is 6.33. The Morgan fingerprint density at radius 2 is 1.69 bits per heavy atom. The van der Waals surface area contributed by atoms with Gasteiger partial charge < -0.3 is 5.11 Å². The van der Waals surface area contributed by atoms with Gasteiger partial charge in [-0.25, -0.2) is 0 Å². The molecule has 1 aromatic rings. The summed E-state index contributed by atoms with van der Waals surface area (Å²) in [6, 6.07) is 6.81. The van der Waals surface area contributed by atoms with Gasteiger partial charge in [0.25, 0.3) is 0 Å². The van der Waals surface area contributed by atoms with Crippen LogP contribution in [-0.2, 0) is 4.79 Å². The zero-order chi connectivity index (χ0) is 9.52. The van der Waals surface area contributed by atoms with Crippen molar-refractivity contribution in [3.05, 3.63) is 48.1 Å². The van der Waals surface area contributed by atoms with E-state index in [0.29, 0.717) is 0 Å². The van der Waals surface area contributed by atoms with Gasteiger partial charge in [-0.15, -0.1) is 0 Å². The second-order valence-electron chi connectivity index (χ2n) is 2.47. The van der Waals surface area contributed by atoms with Gasteiger partial charge in [0.2, 0.25) is 0 Å². The van der Waals surface area contributed by atoms with Gasteiger partial charge in [-0.3, -0.25) is 4.79 Å². The Hall–Kier alpha value is -1.83. The van der Waals surface area contributed by atoms with Crippen molar-refractivity contribution < 1.29 is 9.90 Å². The van der Waals surface area contributed by atoms with E-state index in [9.17, 15) is 4.79 Å². The topological polar surface area (TPSA) is 37.3 Å². The molecule has 0 heterocycles. The maximum Gasteiger partial charge on any atom is 0.142 e. The molecule has 66 valence electrons. The Morgan fingerprint density at radius 1 is 1.00 bits per heavy atom. The highest BCUT2D eigenvalue weighted by molar-refractivity contribution is 5.66. The summed E-state index contributed by atoms with van der Waals surface area (Å²) in [5.41, 5.74) is 0.980. The summed E-state index contributed by atoms with van der Waals surface area (Å²) < 4.78 is 0. The second kappa shape index (κ2) is 4.93. The quantitative estimate of drug-likeness (QED) is 0.433. The average molecular weight is 174 g/mol. The standard InChI is InChI=1S/C11H10O2/c12-9-3-1-2-4-10-5-7-11(13)8-6-10/h1-9,13H. The average Bonchev–Trinajstić information content (AvgIpc) is 2.15. The molecule has 0 radical (unpaired) electrons. The van der Waals surface area contributed by atoms with Gasteiger partial charge >= 0.3 is 0 Å². The van der Waals surface area contributed by atoms with E-state index in [1.807, 2.05) is 6.08 Å². The van der Waals surface area contributed by atoms with Crippen molar-refractivity contribution in [1.82, 2.24) is 0 Å². The molecule has 1 N–H and O–H groups in total. The van der Waals surface area contributed by atoms with Crippen LogP contribution in [0.25, 0.3) is 6.08 Å². The molecule has 0 fully saturated rings. The summed E-state index contributed by atoms with van der Waals surface area (Å²) in [6.45, 7) is 0. The van der Waals surface area contributed by atoms with E-state index in [1.54, 1.807) is 36.4 Å². The zero-order valence-electron chi connectivity index (χ0n) is 7.05. The highest BCUT2D eigenvalue weighted by atomic mass is 16.3. The molecular formula is C11H10O2. The molecule has 13 heavy (non-hydrogen) atoms. The Labute approximate surface area is 76.8 Å². The number of phenols is 1. The van der Waals surface area contributed by atoms with Gasteiger partial charge in [0, 0.05) is 0 Å². The molecule has 1 rings (SSSR count). The van der Waals surface area contributed by atoms with Crippen LogP contribution in [0.5, 0.6) is 5.75 Å². The molecule has 0 amide bonds. The first-order valence-electron chi connectivity index (χ1n) is 3.90. The van der Waals surface area contributed by atoms with E-state index in [4.69, 9.17) is 5.11 Å². The fourth-order valence-electron chi connectivity index (χ4n) is 0.862. The normalized spacial score (nSPS) is 11.1. The Morgan fingerprint density at radius 3 is 2.31 bits per heavy atom. The van der Waals surface area contributed by atoms with Gasteiger partial charge in [-0.1, -0.05) is 30.4 Å². The number of allylic oxidation sites excluding steroid dienone is 3. The molecule has 0 atom stereocenters. The van der Waals surface area contributed by atoms with Crippen LogP contribution in [0.1, 0.15) is 5.56 Å². The molecule has 0 saturated heterocycles. The number of carbonyl (C=O) groups excluding carboxylic acids is 1. The van der Waals surface area contributed by atoms with Gasteiger partial charge in [0.05, 0.1) is 0 Å². The van der Waals surface area contributed by atoms with Crippen LogP contribution in [0, 0.1) is 0 Å². The molecular weight excluding hydrogens is 164 g/mol. The number of phenolic OH excluding ortho intramolecular Hbond substituents is 1. The predicted octanol–water partition coefficient (Wildman–Crippen LogP) is 2.16. The Kier molecular flexibility index (Phi) is 3.51. The lowest BCUT2D eigenvalue weighted by molar-refractivity contribution is -0.104. The lowest BCUT2D eigenvalue weighted by Gasteiger charge is -1.92. The first-order valence-corrected chi connectivity index (χ1v) is 3.90. The number of benzene rings is 1. The molecule has 0 bridgehead atoms. The van der Waals surface area contributed by atoms with Crippen LogP contribution in [0.3, 0.4) is 0 Å². The number of carbonyl (C=O) groups is 1. The van der Waals surface area contributed by atoms with E-state index < -0.39 is 0 Å². The van der Waals surface area contributed by atoms with Gasteiger partial charge in [-0.05, 0) is 23.8 Å². The van der Waals surface area contributed by atoms with E-state index in [-0.39, 0.29) is 5.75 Å². The lowest BCUT2D eigenvalue weighted by atomic mass is 10.2. The van der Waals surface area contributed by atoms with Gasteiger partial charge in [0.1, 0.15) is 12.0 Å². The summed E-state index contributed by atoms with van der Waals surface area (Å²) in [5, 5.41) is 8.98. The summed E-state index contributed by atoms with van der Waals surface area (Å²) >= 11 is 0. The minimum atomic E-state index is 0.251. The number of aldehydes is 1. The third-order valence-corrected chi connectivity index (χ3v) is 1.48. The molecule has 0 aliphatic carbocycles. The molecule has 0 saturated carbocycles. The van der Waals surface area contributed by atoms with Crippen molar-refractivity contribution in [2.75, 3.05) is 0 Å². The summed E-state index contributed by atoms with van der Waals surface area (Å²) in [6.07, 6.45) is 7.40. The van der Waals surface area contributed by atoms with Crippen LogP contribution in [0.4, 0.5) is 0 Å². The Balaban J connectivity index is 2.64. The minimum Gasteiger partial charge on any atom is -0.508 e. The molecule has 0 aromatic heterocycles. The van der Waals surface area contributed by atoms with Gasteiger partial charge in [0.15, 0.2) is 0 Å². The van der Waals surface area contributed by atoms with Gasteiger partial charge in [-0.2, -0.15) is 0 Å². The van der Waals surface area contributed by atoms with E-state index in [0.717, 1.165) is 11.8 Å². The third kappa shape index (κ3) is 3.38. The molecule has 2 nitrogen and oxygen atoms in total. The third-order valence-electron chi connectivity index (χ3n) is 1.48. The van der Waals surface area contributed by atoms with Crippen molar-refractivity contribution in [2.45, 2.75) is 0 Å². The van der Waals surface area contributed by atoms with Crippen LogP contribution >= 0.6 is 0 Å². The molecule has 0 unspecified atom stereocenters. The van der Waals surface area contributed by atoms with E-state index in [2.05, 4.69) is 0 Å². The Bertz CT molecular complexity index is 320. The predicted molar refractivity (Wildman–Crippen MR) is 52.3 cm³/mol. The minimum absolute atomic E-state index is 0.251. The molecule has 1 aromatic carbocycles. The lowest BCUT2D eigenvalue weighted by Crippen LogP contribution is -1.69. The highest BCUT2D eigenvalue weighted by Crippen LogP contribution is 2.10. The zero-order valence-corrected chi connectivity index (χ0v) is 7.05. The number of rotatable bonds is 3. The van der Waals surface area contributed by atoms with Crippen LogP contribution in [0.15, 0.2) is 42.5 Å². The van der Waals surface area contributed by atoms with E-state index in [1.165, 1.54) is 6.08 Å². The fourth-order valence-corrected chi connectivity index (χ4v) is 0.862. The maximum atomic E-state index is 9.91. The molecule has 0 spiro atoms. The maximum absolute atomic E-state index is 9.91. The molecule has 0 aliphatic rings. The second-order valence-corrected chi connectivity index (χ2v) is 2.47. The van der Waals surface area contributed by atoms with Crippen molar-refractivity contribution >= 4 is 12.4 Å².